The lowest BCUT2D eigenvalue weighted by Crippen LogP contribution is -2.59. The monoisotopic (exact) mass is 348 g/mol. The molecule has 1 saturated heterocycles. The summed E-state index contributed by atoms with van der Waals surface area (Å²) in [5, 5.41) is 14.1. The zero-order valence-corrected chi connectivity index (χ0v) is 15.6. The molecule has 0 spiro atoms. The Morgan fingerprint density at radius 3 is 2.52 bits per heavy atom. The SMILES string of the molecule is C[C@H](NC(=O)NCC1(N2CCCCC2)CCCCC1)c1nncn1C. The second-order valence-electron chi connectivity index (χ2n) is 7.68. The summed E-state index contributed by atoms with van der Waals surface area (Å²) >= 11 is 0. The van der Waals surface area contributed by atoms with Crippen molar-refractivity contribution in [2.45, 2.75) is 69.9 Å². The van der Waals surface area contributed by atoms with Crippen LogP contribution < -0.4 is 10.6 Å². The summed E-state index contributed by atoms with van der Waals surface area (Å²) in [5.41, 5.74) is 0.157. The summed E-state index contributed by atoms with van der Waals surface area (Å²) in [4.78, 5) is 15.1. The number of carbonyl (C=O) groups excluding carboxylic acids is 1. The molecule has 2 N–H and O–H groups in total. The molecule has 2 heterocycles. The van der Waals surface area contributed by atoms with Gasteiger partial charge in [0.05, 0.1) is 6.04 Å². The first-order valence-electron chi connectivity index (χ1n) is 9.74. The van der Waals surface area contributed by atoms with E-state index in [2.05, 4.69) is 25.7 Å². The fraction of sp³-hybridized carbons (Fsp3) is 0.833. The zero-order chi connectivity index (χ0) is 17.7. The number of aryl methyl sites for hydroxylation is 1. The molecule has 7 heteroatoms. The van der Waals surface area contributed by atoms with Gasteiger partial charge in [-0.05, 0) is 45.7 Å². The van der Waals surface area contributed by atoms with E-state index in [0.717, 1.165) is 12.4 Å². The van der Waals surface area contributed by atoms with E-state index in [4.69, 9.17) is 0 Å². The quantitative estimate of drug-likeness (QED) is 0.857. The van der Waals surface area contributed by atoms with E-state index in [1.807, 2.05) is 18.5 Å². The van der Waals surface area contributed by atoms with Gasteiger partial charge in [-0.15, -0.1) is 10.2 Å². The van der Waals surface area contributed by atoms with Gasteiger partial charge in [-0.2, -0.15) is 0 Å². The van der Waals surface area contributed by atoms with Gasteiger partial charge in [-0.3, -0.25) is 4.90 Å². The Balaban J connectivity index is 1.57. The number of hydrogen-bond donors (Lipinski definition) is 2. The number of piperidine rings is 1. The van der Waals surface area contributed by atoms with E-state index >= 15 is 0 Å². The Bertz CT molecular complexity index is 560. The van der Waals surface area contributed by atoms with Crippen molar-refractivity contribution in [1.29, 1.82) is 0 Å². The maximum atomic E-state index is 12.4. The number of urea groups is 1. The Hall–Kier alpha value is -1.63. The maximum absolute atomic E-state index is 12.4. The highest BCUT2D eigenvalue weighted by Crippen LogP contribution is 2.35. The molecule has 25 heavy (non-hydrogen) atoms. The second-order valence-corrected chi connectivity index (χ2v) is 7.68. The van der Waals surface area contributed by atoms with Crippen LogP contribution in [0.2, 0.25) is 0 Å². The van der Waals surface area contributed by atoms with Gasteiger partial charge >= 0.3 is 6.03 Å². The van der Waals surface area contributed by atoms with Gasteiger partial charge in [0.1, 0.15) is 6.33 Å². The van der Waals surface area contributed by atoms with Gasteiger partial charge in [-0.25, -0.2) is 4.79 Å². The highest BCUT2D eigenvalue weighted by atomic mass is 16.2. The molecule has 2 fully saturated rings. The molecule has 1 aliphatic carbocycles. The molecule has 0 aromatic carbocycles. The molecule has 7 nitrogen and oxygen atoms in total. The maximum Gasteiger partial charge on any atom is 0.315 e. The van der Waals surface area contributed by atoms with E-state index in [-0.39, 0.29) is 17.6 Å². The first kappa shape index (κ1) is 18.2. The van der Waals surface area contributed by atoms with Crippen LogP contribution in [-0.2, 0) is 7.05 Å². The van der Waals surface area contributed by atoms with Crippen LogP contribution in [0.5, 0.6) is 0 Å². The average Bonchev–Trinajstić information content (AvgIpc) is 3.08. The summed E-state index contributed by atoms with van der Waals surface area (Å²) in [7, 11) is 1.89. The zero-order valence-electron chi connectivity index (χ0n) is 15.6. The molecule has 2 aliphatic rings. The van der Waals surface area contributed by atoms with Gasteiger partial charge in [0.15, 0.2) is 5.82 Å². The lowest BCUT2D eigenvalue weighted by Gasteiger charge is -2.48. The standard InChI is InChI=1S/C18H32N6O/c1-15(16-22-20-14-23(16)2)21-17(25)19-13-18(9-5-3-6-10-18)24-11-7-4-8-12-24/h14-15H,3-13H2,1-2H3,(H2,19,21,25)/t15-/m0/s1. The van der Waals surface area contributed by atoms with Crippen LogP contribution in [0, 0.1) is 0 Å². The number of rotatable bonds is 5. The summed E-state index contributed by atoms with van der Waals surface area (Å²) in [6, 6.07) is -0.276. The van der Waals surface area contributed by atoms with Gasteiger partial charge in [0.25, 0.3) is 0 Å². The summed E-state index contributed by atoms with van der Waals surface area (Å²) in [6.07, 6.45) is 11.8. The third-order valence-corrected chi connectivity index (χ3v) is 5.87. The van der Waals surface area contributed by atoms with Crippen LogP contribution in [0.4, 0.5) is 4.79 Å². The van der Waals surface area contributed by atoms with Crippen molar-refractivity contribution in [2.75, 3.05) is 19.6 Å². The number of carbonyl (C=O) groups is 1. The summed E-state index contributed by atoms with van der Waals surface area (Å²) in [6.45, 7) is 5.03. The molecule has 1 aromatic rings. The fourth-order valence-corrected chi connectivity index (χ4v) is 4.42. The molecule has 0 radical (unpaired) electrons. The summed E-state index contributed by atoms with van der Waals surface area (Å²) < 4.78 is 1.83. The predicted molar refractivity (Wildman–Crippen MR) is 97.2 cm³/mol. The van der Waals surface area contributed by atoms with Crippen LogP contribution in [-0.4, -0.2) is 50.9 Å². The first-order valence-corrected chi connectivity index (χ1v) is 9.74. The topological polar surface area (TPSA) is 75.1 Å². The van der Waals surface area contributed by atoms with Crippen molar-refractivity contribution in [3.63, 3.8) is 0 Å². The lowest BCUT2D eigenvalue weighted by molar-refractivity contribution is 0.0354. The van der Waals surface area contributed by atoms with Crippen molar-refractivity contribution in [3.8, 4) is 0 Å². The normalized spacial score (nSPS) is 22.3. The Kier molecular flexibility index (Phi) is 5.93. The van der Waals surface area contributed by atoms with Gasteiger partial charge in [0.2, 0.25) is 0 Å². The highest BCUT2D eigenvalue weighted by Gasteiger charge is 2.38. The minimum Gasteiger partial charge on any atom is -0.336 e. The highest BCUT2D eigenvalue weighted by molar-refractivity contribution is 5.74. The third kappa shape index (κ3) is 4.32. The molecule has 3 rings (SSSR count). The molecule has 0 unspecified atom stereocenters. The smallest absolute Gasteiger partial charge is 0.315 e. The molecular formula is C18H32N6O. The second kappa shape index (κ2) is 8.17. The third-order valence-electron chi connectivity index (χ3n) is 5.87. The molecular weight excluding hydrogens is 316 g/mol. The van der Waals surface area contributed by atoms with Crippen molar-refractivity contribution in [3.05, 3.63) is 12.2 Å². The van der Waals surface area contributed by atoms with E-state index in [1.54, 1.807) is 6.33 Å². The van der Waals surface area contributed by atoms with Crippen LogP contribution in [0.1, 0.15) is 70.2 Å². The number of aromatic nitrogens is 3. The number of nitrogens with one attached hydrogen (secondary N) is 2. The van der Waals surface area contributed by atoms with E-state index in [0.29, 0.717) is 0 Å². The Labute approximate surface area is 150 Å². The predicted octanol–water partition coefficient (Wildman–Crippen LogP) is 2.36. The molecule has 2 amide bonds. The van der Waals surface area contributed by atoms with Crippen molar-refractivity contribution in [2.24, 2.45) is 7.05 Å². The number of hydrogen-bond acceptors (Lipinski definition) is 4. The van der Waals surface area contributed by atoms with Gasteiger partial charge in [-0.1, -0.05) is 25.7 Å². The van der Waals surface area contributed by atoms with Crippen LogP contribution in [0.15, 0.2) is 6.33 Å². The van der Waals surface area contributed by atoms with Crippen molar-refractivity contribution < 1.29 is 4.79 Å². The Morgan fingerprint density at radius 2 is 1.88 bits per heavy atom. The molecule has 1 aromatic heterocycles. The van der Waals surface area contributed by atoms with E-state index < -0.39 is 0 Å². The number of nitrogens with zero attached hydrogens (tertiary/aromatic N) is 4. The minimum atomic E-state index is -0.162. The molecule has 1 saturated carbocycles. The van der Waals surface area contributed by atoms with Crippen LogP contribution in [0.3, 0.4) is 0 Å². The van der Waals surface area contributed by atoms with Gasteiger partial charge in [0, 0.05) is 19.1 Å². The number of likely N-dealkylation sites (tertiary alicyclic amines) is 1. The molecule has 0 bridgehead atoms. The lowest BCUT2D eigenvalue weighted by atomic mass is 9.79. The van der Waals surface area contributed by atoms with Crippen molar-refractivity contribution in [1.82, 2.24) is 30.3 Å². The van der Waals surface area contributed by atoms with Crippen LogP contribution >= 0.6 is 0 Å². The average molecular weight is 348 g/mol. The molecule has 1 aliphatic heterocycles. The largest absolute Gasteiger partial charge is 0.336 e. The van der Waals surface area contributed by atoms with E-state index in [9.17, 15) is 4.79 Å². The fourth-order valence-electron chi connectivity index (χ4n) is 4.42. The van der Waals surface area contributed by atoms with Gasteiger partial charge < -0.3 is 15.2 Å². The van der Waals surface area contributed by atoms with Crippen LogP contribution in [0.25, 0.3) is 0 Å². The molecule has 140 valence electrons. The summed E-state index contributed by atoms with van der Waals surface area (Å²) in [5.74, 6) is 0.763. The molecule has 1 atom stereocenters. The number of amides is 2. The van der Waals surface area contributed by atoms with E-state index in [1.165, 1.54) is 64.5 Å². The van der Waals surface area contributed by atoms with Crippen molar-refractivity contribution >= 4 is 6.03 Å². The Morgan fingerprint density at radius 1 is 1.20 bits per heavy atom. The first-order chi connectivity index (χ1) is 12.1. The minimum absolute atomic E-state index is 0.113.